The van der Waals surface area contributed by atoms with Crippen LogP contribution in [0.3, 0.4) is 0 Å². The molecule has 0 aliphatic rings. The lowest BCUT2D eigenvalue weighted by Crippen LogP contribution is -2.12. The summed E-state index contributed by atoms with van der Waals surface area (Å²) in [6.45, 7) is 0. The van der Waals surface area contributed by atoms with Gasteiger partial charge in [-0.2, -0.15) is 0 Å². The quantitative estimate of drug-likeness (QED) is 0.679. The Bertz CT molecular complexity index is 628. The minimum atomic E-state index is -0.497. The van der Waals surface area contributed by atoms with Crippen molar-refractivity contribution in [2.24, 2.45) is 0 Å². The predicted molar refractivity (Wildman–Crippen MR) is 76.4 cm³/mol. The van der Waals surface area contributed by atoms with Crippen molar-refractivity contribution in [3.05, 3.63) is 46.5 Å². The number of hydrogen-bond donors (Lipinski definition) is 1. The molecule has 104 valence electrons. The van der Waals surface area contributed by atoms with Crippen molar-refractivity contribution in [3.8, 4) is 5.75 Å². The zero-order chi connectivity index (χ0) is 14.7. The molecule has 0 radical (unpaired) electrons. The Balaban J connectivity index is 2.36. The molecular formula is C13H14N4O3. The van der Waals surface area contributed by atoms with Crippen LogP contribution in [0.25, 0.3) is 0 Å². The average molecular weight is 274 g/mol. The van der Waals surface area contributed by atoms with E-state index in [9.17, 15) is 10.1 Å². The fourth-order valence-electron chi connectivity index (χ4n) is 1.74. The third-order valence-corrected chi connectivity index (χ3v) is 2.83. The fraction of sp³-hybridized carbons (Fsp3) is 0.154. The lowest BCUT2D eigenvalue weighted by atomic mass is 10.2. The normalized spacial score (nSPS) is 10.1. The molecule has 20 heavy (non-hydrogen) atoms. The van der Waals surface area contributed by atoms with Crippen LogP contribution in [0.1, 0.15) is 0 Å². The van der Waals surface area contributed by atoms with E-state index in [1.54, 1.807) is 31.2 Å². The first-order valence-electron chi connectivity index (χ1n) is 5.81. The molecule has 0 spiro atoms. The maximum atomic E-state index is 10.8. The molecule has 2 N–H and O–H groups in total. The summed E-state index contributed by atoms with van der Waals surface area (Å²) in [4.78, 5) is 16.2. The first kappa shape index (κ1) is 13.6. The fourth-order valence-corrected chi connectivity index (χ4v) is 1.74. The zero-order valence-corrected chi connectivity index (χ0v) is 11.1. The van der Waals surface area contributed by atoms with Crippen LogP contribution in [-0.4, -0.2) is 24.1 Å². The summed E-state index contributed by atoms with van der Waals surface area (Å²) < 4.78 is 5.08. The zero-order valence-electron chi connectivity index (χ0n) is 11.1. The molecular weight excluding hydrogens is 260 g/mol. The standard InChI is InChI=1S/C13H14N4O3/c1-16(9-3-5-11(20-2)6-4-9)13-8-10(17(18)19)7-12(14)15-13/h3-8H,1-2H3,(H2,14,15). The van der Waals surface area contributed by atoms with Gasteiger partial charge in [-0.05, 0) is 24.3 Å². The lowest BCUT2D eigenvalue weighted by Gasteiger charge is -2.18. The first-order chi connectivity index (χ1) is 9.51. The Morgan fingerprint density at radius 1 is 1.30 bits per heavy atom. The second-order valence-electron chi connectivity index (χ2n) is 4.12. The Hall–Kier alpha value is -2.83. The summed E-state index contributed by atoms with van der Waals surface area (Å²) in [5.74, 6) is 1.24. The maximum Gasteiger partial charge on any atom is 0.276 e. The van der Waals surface area contributed by atoms with Gasteiger partial charge in [0.2, 0.25) is 0 Å². The molecule has 2 rings (SSSR count). The highest BCUT2D eigenvalue weighted by molar-refractivity contribution is 5.64. The molecule has 0 atom stereocenters. The summed E-state index contributed by atoms with van der Waals surface area (Å²) >= 11 is 0. The van der Waals surface area contributed by atoms with E-state index in [-0.39, 0.29) is 11.5 Å². The Morgan fingerprint density at radius 2 is 1.95 bits per heavy atom. The van der Waals surface area contributed by atoms with Crippen molar-refractivity contribution >= 4 is 23.0 Å². The van der Waals surface area contributed by atoms with Gasteiger partial charge in [0.05, 0.1) is 24.2 Å². The number of rotatable bonds is 4. The van der Waals surface area contributed by atoms with Gasteiger partial charge in [0.15, 0.2) is 0 Å². The minimum Gasteiger partial charge on any atom is -0.497 e. The van der Waals surface area contributed by atoms with Crippen LogP contribution in [0.2, 0.25) is 0 Å². The van der Waals surface area contributed by atoms with E-state index in [2.05, 4.69) is 4.98 Å². The molecule has 0 aliphatic carbocycles. The number of pyridine rings is 1. The van der Waals surface area contributed by atoms with Crippen molar-refractivity contribution in [2.45, 2.75) is 0 Å². The van der Waals surface area contributed by atoms with E-state index in [1.807, 2.05) is 12.1 Å². The third-order valence-electron chi connectivity index (χ3n) is 2.83. The van der Waals surface area contributed by atoms with Crippen LogP contribution in [0, 0.1) is 10.1 Å². The molecule has 0 amide bonds. The third kappa shape index (κ3) is 2.77. The molecule has 1 aromatic carbocycles. The monoisotopic (exact) mass is 274 g/mol. The highest BCUT2D eigenvalue weighted by Gasteiger charge is 2.13. The number of nitrogen functional groups attached to an aromatic ring is 1. The minimum absolute atomic E-state index is 0.0899. The van der Waals surface area contributed by atoms with E-state index >= 15 is 0 Å². The van der Waals surface area contributed by atoms with Crippen molar-refractivity contribution in [2.75, 3.05) is 24.8 Å². The molecule has 2 aromatic rings. The van der Waals surface area contributed by atoms with Gasteiger partial charge in [-0.25, -0.2) is 4.98 Å². The topological polar surface area (TPSA) is 94.5 Å². The van der Waals surface area contributed by atoms with Gasteiger partial charge in [-0.15, -0.1) is 0 Å². The Labute approximate surface area is 115 Å². The second-order valence-corrected chi connectivity index (χ2v) is 4.12. The molecule has 0 aliphatic heterocycles. The largest absolute Gasteiger partial charge is 0.497 e. The number of hydrogen-bond acceptors (Lipinski definition) is 6. The highest BCUT2D eigenvalue weighted by atomic mass is 16.6. The summed E-state index contributed by atoms with van der Waals surface area (Å²) in [6.07, 6.45) is 0. The maximum absolute atomic E-state index is 10.8. The summed E-state index contributed by atoms with van der Waals surface area (Å²) in [7, 11) is 3.34. The number of aromatic nitrogens is 1. The van der Waals surface area contributed by atoms with Crippen molar-refractivity contribution < 1.29 is 9.66 Å². The SMILES string of the molecule is COc1ccc(N(C)c2cc([N+](=O)[O-])cc(N)n2)cc1. The Kier molecular flexibility index (Phi) is 3.69. The molecule has 0 unspecified atom stereocenters. The molecule has 1 aromatic heterocycles. The molecule has 7 nitrogen and oxygen atoms in total. The number of nitrogens with two attached hydrogens (primary N) is 1. The van der Waals surface area contributed by atoms with E-state index in [1.165, 1.54) is 12.1 Å². The predicted octanol–water partition coefficient (Wildman–Crippen LogP) is 2.35. The van der Waals surface area contributed by atoms with Crippen LogP contribution >= 0.6 is 0 Å². The summed E-state index contributed by atoms with van der Waals surface area (Å²) in [5, 5.41) is 10.8. The number of benzene rings is 1. The number of methoxy groups -OCH3 is 1. The van der Waals surface area contributed by atoms with Crippen molar-refractivity contribution in [3.63, 3.8) is 0 Å². The number of nitro groups is 1. The van der Waals surface area contributed by atoms with Gasteiger partial charge in [-0.3, -0.25) is 10.1 Å². The van der Waals surface area contributed by atoms with E-state index in [0.29, 0.717) is 5.82 Å². The molecule has 1 heterocycles. The van der Waals surface area contributed by atoms with Crippen molar-refractivity contribution in [1.29, 1.82) is 0 Å². The first-order valence-corrected chi connectivity index (χ1v) is 5.81. The highest BCUT2D eigenvalue weighted by Crippen LogP contribution is 2.27. The molecule has 0 bridgehead atoms. The van der Waals surface area contributed by atoms with Gasteiger partial charge in [0.25, 0.3) is 5.69 Å². The van der Waals surface area contributed by atoms with Crippen LogP contribution < -0.4 is 15.4 Å². The summed E-state index contributed by atoms with van der Waals surface area (Å²) in [5.41, 5.74) is 6.32. The second kappa shape index (κ2) is 5.43. The average Bonchev–Trinajstić information content (AvgIpc) is 2.46. The number of nitrogens with zero attached hydrogens (tertiary/aromatic N) is 3. The van der Waals surface area contributed by atoms with Crippen LogP contribution in [0.5, 0.6) is 5.75 Å². The van der Waals surface area contributed by atoms with Gasteiger partial charge in [-0.1, -0.05) is 0 Å². The number of anilines is 3. The number of ether oxygens (including phenoxy) is 1. The van der Waals surface area contributed by atoms with Gasteiger partial charge < -0.3 is 15.4 Å². The van der Waals surface area contributed by atoms with E-state index in [4.69, 9.17) is 10.5 Å². The smallest absolute Gasteiger partial charge is 0.276 e. The van der Waals surface area contributed by atoms with Crippen molar-refractivity contribution in [1.82, 2.24) is 4.98 Å². The lowest BCUT2D eigenvalue weighted by molar-refractivity contribution is -0.384. The van der Waals surface area contributed by atoms with Crippen LogP contribution in [-0.2, 0) is 0 Å². The molecule has 7 heteroatoms. The van der Waals surface area contributed by atoms with Crippen LogP contribution in [0.15, 0.2) is 36.4 Å². The summed E-state index contributed by atoms with van der Waals surface area (Å²) in [6, 6.07) is 9.86. The van der Waals surface area contributed by atoms with E-state index < -0.39 is 4.92 Å². The van der Waals surface area contributed by atoms with Gasteiger partial charge in [0.1, 0.15) is 17.4 Å². The molecule has 0 saturated carbocycles. The van der Waals surface area contributed by atoms with Gasteiger partial charge >= 0.3 is 0 Å². The van der Waals surface area contributed by atoms with Crippen LogP contribution in [0.4, 0.5) is 23.0 Å². The molecule has 0 saturated heterocycles. The molecule has 0 fully saturated rings. The Morgan fingerprint density at radius 3 is 2.50 bits per heavy atom. The van der Waals surface area contributed by atoms with Gasteiger partial charge in [0, 0.05) is 12.7 Å². The van der Waals surface area contributed by atoms with E-state index in [0.717, 1.165) is 11.4 Å².